The summed E-state index contributed by atoms with van der Waals surface area (Å²) < 4.78 is 16.9. The Bertz CT molecular complexity index is 436. The lowest BCUT2D eigenvalue weighted by Gasteiger charge is -2.32. The van der Waals surface area contributed by atoms with Crippen molar-refractivity contribution >= 4 is 12.7 Å². The van der Waals surface area contributed by atoms with E-state index in [-0.39, 0.29) is 12.5 Å². The third-order valence-electron chi connectivity index (χ3n) is 3.76. The maximum atomic E-state index is 5.72. The monoisotopic (exact) mass is 276 g/mol. The van der Waals surface area contributed by atoms with Crippen molar-refractivity contribution in [1.29, 1.82) is 0 Å². The van der Waals surface area contributed by atoms with Gasteiger partial charge in [0.2, 0.25) is 0 Å². The number of aromatic nitrogens is 2. The SMILES string of the molecule is CC1(C)COB(c2cnc(C3CCCOC3)cn2)OC1. The first kappa shape index (κ1) is 14.0. The fourth-order valence-corrected chi connectivity index (χ4v) is 2.52. The Labute approximate surface area is 120 Å². The quantitative estimate of drug-likeness (QED) is 0.758. The minimum absolute atomic E-state index is 0.0727. The fourth-order valence-electron chi connectivity index (χ4n) is 2.52. The van der Waals surface area contributed by atoms with Gasteiger partial charge in [0.15, 0.2) is 0 Å². The molecule has 0 radical (unpaired) electrons. The van der Waals surface area contributed by atoms with Gasteiger partial charge >= 0.3 is 7.12 Å². The second kappa shape index (κ2) is 5.80. The van der Waals surface area contributed by atoms with Crippen LogP contribution < -0.4 is 5.59 Å². The van der Waals surface area contributed by atoms with E-state index >= 15 is 0 Å². The van der Waals surface area contributed by atoms with Crippen LogP contribution in [0.5, 0.6) is 0 Å². The highest BCUT2D eigenvalue weighted by Gasteiger charge is 2.34. The smallest absolute Gasteiger partial charge is 0.406 e. The molecule has 2 aliphatic heterocycles. The van der Waals surface area contributed by atoms with E-state index in [0.717, 1.165) is 37.3 Å². The van der Waals surface area contributed by atoms with E-state index in [2.05, 4.69) is 23.8 Å². The van der Waals surface area contributed by atoms with Crippen LogP contribution in [-0.4, -0.2) is 43.5 Å². The number of hydrogen-bond acceptors (Lipinski definition) is 5. The van der Waals surface area contributed by atoms with Crippen LogP contribution in [0.25, 0.3) is 0 Å². The molecule has 108 valence electrons. The fraction of sp³-hybridized carbons (Fsp3) is 0.714. The van der Waals surface area contributed by atoms with E-state index in [1.165, 1.54) is 0 Å². The van der Waals surface area contributed by atoms with Gasteiger partial charge in [0.25, 0.3) is 0 Å². The predicted octanol–water partition coefficient (Wildman–Crippen LogP) is 1.14. The summed E-state index contributed by atoms with van der Waals surface area (Å²) in [5.41, 5.74) is 1.83. The molecule has 3 rings (SSSR count). The highest BCUT2D eigenvalue weighted by molar-refractivity contribution is 6.60. The number of rotatable bonds is 2. The summed E-state index contributed by atoms with van der Waals surface area (Å²) in [4.78, 5) is 8.97. The average Bonchev–Trinajstić information content (AvgIpc) is 2.48. The molecule has 2 saturated heterocycles. The molecule has 20 heavy (non-hydrogen) atoms. The largest absolute Gasteiger partial charge is 0.515 e. The zero-order chi connectivity index (χ0) is 14.0. The Kier molecular flexibility index (Phi) is 4.05. The third-order valence-corrected chi connectivity index (χ3v) is 3.76. The summed E-state index contributed by atoms with van der Waals surface area (Å²) in [7, 11) is -0.382. The van der Waals surface area contributed by atoms with Gasteiger partial charge in [-0.2, -0.15) is 0 Å². The highest BCUT2D eigenvalue weighted by Crippen LogP contribution is 2.23. The number of ether oxygens (including phenoxy) is 1. The lowest BCUT2D eigenvalue weighted by atomic mass is 9.80. The van der Waals surface area contributed by atoms with Gasteiger partial charge in [-0.25, -0.2) is 0 Å². The highest BCUT2D eigenvalue weighted by atomic mass is 16.6. The van der Waals surface area contributed by atoms with Crippen LogP contribution in [0.2, 0.25) is 0 Å². The molecule has 0 spiro atoms. The maximum absolute atomic E-state index is 5.72. The molecular formula is C14H21BN2O3. The zero-order valence-corrected chi connectivity index (χ0v) is 12.2. The Balaban J connectivity index is 1.64. The topological polar surface area (TPSA) is 53.5 Å². The van der Waals surface area contributed by atoms with Crippen molar-refractivity contribution in [2.24, 2.45) is 5.41 Å². The molecule has 2 aliphatic rings. The van der Waals surface area contributed by atoms with E-state index in [1.807, 2.05) is 6.20 Å². The minimum Gasteiger partial charge on any atom is -0.406 e. The molecule has 1 aromatic heterocycles. The van der Waals surface area contributed by atoms with E-state index in [0.29, 0.717) is 19.1 Å². The van der Waals surface area contributed by atoms with Gasteiger partial charge in [0, 0.05) is 43.5 Å². The van der Waals surface area contributed by atoms with Crippen molar-refractivity contribution in [3.8, 4) is 0 Å². The molecular weight excluding hydrogens is 255 g/mol. The zero-order valence-electron chi connectivity index (χ0n) is 12.2. The Hall–Kier alpha value is -0.975. The second-order valence-electron chi connectivity index (χ2n) is 6.40. The van der Waals surface area contributed by atoms with Crippen molar-refractivity contribution in [3.05, 3.63) is 18.1 Å². The minimum atomic E-state index is -0.382. The average molecular weight is 276 g/mol. The first-order chi connectivity index (χ1) is 9.64. The van der Waals surface area contributed by atoms with Crippen LogP contribution in [-0.2, 0) is 14.0 Å². The van der Waals surface area contributed by atoms with Crippen molar-refractivity contribution < 1.29 is 14.0 Å². The van der Waals surface area contributed by atoms with Crippen LogP contribution in [0.3, 0.4) is 0 Å². The molecule has 2 fully saturated rings. The van der Waals surface area contributed by atoms with Gasteiger partial charge < -0.3 is 14.0 Å². The van der Waals surface area contributed by atoms with Gasteiger partial charge in [0.05, 0.1) is 17.9 Å². The number of hydrogen-bond donors (Lipinski definition) is 0. The normalized spacial score (nSPS) is 26.5. The summed E-state index contributed by atoms with van der Waals surface area (Å²) in [6.07, 6.45) is 5.82. The van der Waals surface area contributed by atoms with E-state index < -0.39 is 0 Å². The summed E-state index contributed by atoms with van der Waals surface area (Å²) in [6.45, 7) is 7.22. The molecule has 1 aromatic rings. The molecule has 1 atom stereocenters. The summed E-state index contributed by atoms with van der Waals surface area (Å²) in [6, 6.07) is 0. The summed E-state index contributed by atoms with van der Waals surface area (Å²) in [5.74, 6) is 0.373. The predicted molar refractivity (Wildman–Crippen MR) is 75.9 cm³/mol. The lowest BCUT2D eigenvalue weighted by Crippen LogP contribution is -2.48. The molecule has 6 heteroatoms. The van der Waals surface area contributed by atoms with Gasteiger partial charge in [-0.05, 0) is 12.8 Å². The van der Waals surface area contributed by atoms with Crippen LogP contribution in [0.15, 0.2) is 12.4 Å². The lowest BCUT2D eigenvalue weighted by molar-refractivity contribution is 0.0339. The van der Waals surface area contributed by atoms with Gasteiger partial charge in [-0.1, -0.05) is 13.8 Å². The Morgan fingerprint density at radius 2 is 2.00 bits per heavy atom. The van der Waals surface area contributed by atoms with Crippen LogP contribution in [0, 0.1) is 5.41 Å². The summed E-state index contributed by atoms with van der Waals surface area (Å²) >= 11 is 0. The Morgan fingerprint density at radius 1 is 1.20 bits per heavy atom. The molecule has 3 heterocycles. The first-order valence-corrected chi connectivity index (χ1v) is 7.27. The van der Waals surface area contributed by atoms with Crippen LogP contribution in [0.1, 0.15) is 38.3 Å². The number of nitrogens with zero attached hydrogens (tertiary/aromatic N) is 2. The first-order valence-electron chi connectivity index (χ1n) is 7.27. The van der Waals surface area contributed by atoms with Crippen molar-refractivity contribution in [2.75, 3.05) is 26.4 Å². The van der Waals surface area contributed by atoms with E-state index in [4.69, 9.17) is 14.0 Å². The van der Waals surface area contributed by atoms with Crippen molar-refractivity contribution in [1.82, 2.24) is 9.97 Å². The molecule has 0 bridgehead atoms. The Morgan fingerprint density at radius 3 is 2.60 bits per heavy atom. The standard InChI is InChI=1S/C14H21BN2O3/c1-14(2)9-19-15(20-10-14)13-7-16-12(6-17-13)11-4-3-5-18-8-11/h6-7,11H,3-5,8-10H2,1-2H3. The van der Waals surface area contributed by atoms with Gasteiger partial charge in [-0.15, -0.1) is 0 Å². The molecule has 0 aliphatic carbocycles. The molecule has 0 aromatic carbocycles. The van der Waals surface area contributed by atoms with Crippen LogP contribution in [0.4, 0.5) is 0 Å². The molecule has 0 amide bonds. The molecule has 1 unspecified atom stereocenters. The summed E-state index contributed by atoms with van der Waals surface area (Å²) in [5, 5.41) is 0. The van der Waals surface area contributed by atoms with E-state index in [1.54, 1.807) is 6.20 Å². The maximum Gasteiger partial charge on any atom is 0.515 e. The van der Waals surface area contributed by atoms with Gasteiger partial charge in [-0.3, -0.25) is 9.97 Å². The molecule has 0 saturated carbocycles. The second-order valence-corrected chi connectivity index (χ2v) is 6.40. The van der Waals surface area contributed by atoms with Crippen molar-refractivity contribution in [3.63, 3.8) is 0 Å². The van der Waals surface area contributed by atoms with Gasteiger partial charge in [0.1, 0.15) is 0 Å². The molecule has 0 N–H and O–H groups in total. The third kappa shape index (κ3) is 3.19. The van der Waals surface area contributed by atoms with E-state index in [9.17, 15) is 0 Å². The molecule has 5 nitrogen and oxygen atoms in total. The van der Waals surface area contributed by atoms with Crippen LogP contribution >= 0.6 is 0 Å². The van der Waals surface area contributed by atoms with Crippen molar-refractivity contribution in [2.45, 2.75) is 32.6 Å².